The summed E-state index contributed by atoms with van der Waals surface area (Å²) in [5, 5.41) is 27.4. The molecule has 2 N–H and O–H groups in total. The van der Waals surface area contributed by atoms with Crippen molar-refractivity contribution in [3.05, 3.63) is 142 Å². The minimum atomic E-state index is -2.74. The lowest BCUT2D eigenvalue weighted by molar-refractivity contribution is -0.152. The number of alkyl halides is 2. The molecule has 4 aromatic carbocycles. The van der Waals surface area contributed by atoms with Crippen LogP contribution >= 0.6 is 11.6 Å². The fourth-order valence-corrected chi connectivity index (χ4v) is 8.17. The smallest absolute Gasteiger partial charge is 0.263 e. The van der Waals surface area contributed by atoms with E-state index < -0.39 is 35.6 Å². The Balaban J connectivity index is 1.41. The van der Waals surface area contributed by atoms with E-state index in [2.05, 4.69) is 4.98 Å². The monoisotopic (exact) mass is 650 g/mol. The molecule has 0 bridgehead atoms. The average molecular weight is 651 g/mol. The van der Waals surface area contributed by atoms with Crippen LogP contribution in [0.2, 0.25) is 5.15 Å². The van der Waals surface area contributed by atoms with E-state index in [4.69, 9.17) is 26.1 Å². The maximum atomic E-state index is 14.4. The first-order chi connectivity index (χ1) is 22.8. The number of halogens is 3. The molecule has 236 valence electrons. The lowest BCUT2D eigenvalue weighted by Crippen LogP contribution is -2.52. The van der Waals surface area contributed by atoms with E-state index in [-0.39, 0.29) is 34.3 Å². The molecule has 1 aliphatic carbocycles. The van der Waals surface area contributed by atoms with Gasteiger partial charge in [-0.3, -0.25) is 0 Å². The molecule has 3 heterocycles. The van der Waals surface area contributed by atoms with E-state index >= 15 is 0 Å². The van der Waals surface area contributed by atoms with Gasteiger partial charge in [0, 0.05) is 34.2 Å². The van der Waals surface area contributed by atoms with E-state index in [0.29, 0.717) is 27.5 Å². The Hall–Kier alpha value is -4.63. The van der Waals surface area contributed by atoms with E-state index in [1.54, 1.807) is 0 Å². The molecule has 9 heteroatoms. The summed E-state index contributed by atoms with van der Waals surface area (Å²) in [6.07, 6.45) is -4.08. The number of benzene rings is 4. The lowest BCUT2D eigenvalue weighted by Gasteiger charge is -2.40. The number of methoxy groups -OCH3 is 1. The largest absolute Gasteiger partial charge is 0.481 e. The lowest BCUT2D eigenvalue weighted by atomic mass is 9.70. The summed E-state index contributed by atoms with van der Waals surface area (Å²) in [6.45, 7) is 0. The number of pyridine rings is 2. The van der Waals surface area contributed by atoms with Gasteiger partial charge in [-0.05, 0) is 47.4 Å². The molecule has 6 nitrogen and oxygen atoms in total. The predicted octanol–water partition coefficient (Wildman–Crippen LogP) is 7.88. The molecule has 2 aliphatic rings. The number of hydrogen-bond acceptors (Lipinski definition) is 6. The van der Waals surface area contributed by atoms with Crippen molar-refractivity contribution in [1.29, 1.82) is 0 Å². The Morgan fingerprint density at radius 3 is 2.32 bits per heavy atom. The van der Waals surface area contributed by atoms with E-state index in [1.165, 1.54) is 25.3 Å². The van der Waals surface area contributed by atoms with Crippen molar-refractivity contribution in [2.24, 2.45) is 5.92 Å². The molecule has 8 rings (SSSR count). The standard InChI is InChI=1S/C38H29ClF2N2O4/c1-46-36-33-30(20-31(39)43-36)47-38(25-13-6-3-7-14-25)32(21-10-4-2-5-11-21)27(34(44)37(33,38)45)18-23-16-24(35(40)41)19-29-26(23)17-22-12-8-9-15-28(22)42-29/h2-17,19-20,27,32,34-35,44-45H,18H2,1H3/t27-,32-,34+,37-,38-/m0/s1. The van der Waals surface area contributed by atoms with Gasteiger partial charge in [0.25, 0.3) is 6.43 Å². The minimum absolute atomic E-state index is 0.0279. The Morgan fingerprint density at radius 1 is 0.894 bits per heavy atom. The van der Waals surface area contributed by atoms with Gasteiger partial charge in [-0.1, -0.05) is 90.5 Å². The Bertz CT molecular complexity index is 2150. The first kappa shape index (κ1) is 29.8. The summed E-state index contributed by atoms with van der Waals surface area (Å²) < 4.78 is 41.3. The van der Waals surface area contributed by atoms with Crippen molar-refractivity contribution >= 4 is 33.4 Å². The highest BCUT2D eigenvalue weighted by atomic mass is 35.5. The highest BCUT2D eigenvalue weighted by Crippen LogP contribution is 2.70. The highest BCUT2D eigenvalue weighted by molar-refractivity contribution is 6.29. The third-order valence-electron chi connectivity index (χ3n) is 9.84. The zero-order valence-corrected chi connectivity index (χ0v) is 25.9. The van der Waals surface area contributed by atoms with Crippen LogP contribution in [0.25, 0.3) is 21.8 Å². The maximum absolute atomic E-state index is 14.4. The summed E-state index contributed by atoms with van der Waals surface area (Å²) in [4.78, 5) is 9.07. The predicted molar refractivity (Wildman–Crippen MR) is 175 cm³/mol. The van der Waals surface area contributed by atoms with Gasteiger partial charge in [-0.2, -0.15) is 0 Å². The number of aliphatic hydroxyl groups excluding tert-OH is 1. The van der Waals surface area contributed by atoms with Crippen LogP contribution in [-0.4, -0.2) is 33.4 Å². The summed E-state index contributed by atoms with van der Waals surface area (Å²) in [5.41, 5.74) is -0.544. The van der Waals surface area contributed by atoms with Gasteiger partial charge in [0.2, 0.25) is 5.88 Å². The third kappa shape index (κ3) is 4.28. The molecule has 1 aliphatic heterocycles. The number of para-hydroxylation sites is 1. The van der Waals surface area contributed by atoms with Crippen molar-refractivity contribution < 1.29 is 28.5 Å². The summed E-state index contributed by atoms with van der Waals surface area (Å²) >= 11 is 6.38. The van der Waals surface area contributed by atoms with E-state index in [0.717, 1.165) is 10.9 Å². The van der Waals surface area contributed by atoms with Gasteiger partial charge < -0.3 is 19.7 Å². The zero-order valence-electron chi connectivity index (χ0n) is 25.1. The Labute approximate surface area is 274 Å². The van der Waals surface area contributed by atoms with Crippen LogP contribution in [-0.2, 0) is 17.6 Å². The van der Waals surface area contributed by atoms with Gasteiger partial charge in [0.1, 0.15) is 10.9 Å². The van der Waals surface area contributed by atoms with Crippen molar-refractivity contribution in [3.63, 3.8) is 0 Å². The Morgan fingerprint density at radius 2 is 1.60 bits per heavy atom. The van der Waals surface area contributed by atoms with Gasteiger partial charge in [-0.15, -0.1) is 0 Å². The van der Waals surface area contributed by atoms with Gasteiger partial charge in [-0.25, -0.2) is 18.7 Å². The summed E-state index contributed by atoms with van der Waals surface area (Å²) in [6, 6.07) is 32.7. The number of nitrogens with zero attached hydrogens (tertiary/aromatic N) is 2. The SMILES string of the molecule is COc1nc(Cl)cc2c1[C@]1(O)[C@H](O)[C@@H](Cc3cc(C(F)F)cc4nc5ccccc5cc34)[C@H](c3ccccc3)[C@]1(c1ccccc1)O2. The minimum Gasteiger partial charge on any atom is -0.481 e. The zero-order chi connectivity index (χ0) is 32.5. The number of ether oxygens (including phenoxy) is 2. The van der Waals surface area contributed by atoms with Gasteiger partial charge in [0.05, 0.1) is 29.8 Å². The second kappa shape index (κ2) is 11.0. The molecule has 5 atom stereocenters. The van der Waals surface area contributed by atoms with Crippen LogP contribution in [0.1, 0.15) is 40.2 Å². The fourth-order valence-electron chi connectivity index (χ4n) is 7.99. The molecule has 6 aromatic rings. The van der Waals surface area contributed by atoms with Gasteiger partial charge >= 0.3 is 0 Å². The number of aliphatic hydroxyl groups is 2. The topological polar surface area (TPSA) is 84.7 Å². The third-order valence-corrected chi connectivity index (χ3v) is 10.0. The number of hydrogen-bond donors (Lipinski definition) is 2. The first-order valence-corrected chi connectivity index (χ1v) is 15.7. The van der Waals surface area contributed by atoms with Crippen molar-refractivity contribution in [3.8, 4) is 11.6 Å². The van der Waals surface area contributed by atoms with E-state index in [1.807, 2.05) is 91.0 Å². The van der Waals surface area contributed by atoms with Crippen LogP contribution < -0.4 is 9.47 Å². The molecule has 0 unspecified atom stereocenters. The number of fused-ring (bicyclic) bond motifs is 5. The normalized spacial score (nSPS) is 24.8. The maximum Gasteiger partial charge on any atom is 0.263 e. The van der Waals surface area contributed by atoms with Crippen molar-refractivity contribution in [2.45, 2.75) is 36.1 Å². The highest BCUT2D eigenvalue weighted by Gasteiger charge is 2.76. The molecule has 2 aromatic heterocycles. The van der Waals surface area contributed by atoms with Crippen molar-refractivity contribution in [1.82, 2.24) is 9.97 Å². The van der Waals surface area contributed by atoms with Crippen molar-refractivity contribution in [2.75, 3.05) is 7.11 Å². The van der Waals surface area contributed by atoms with Crippen LogP contribution in [0.15, 0.2) is 109 Å². The Kier molecular flexibility index (Phi) is 6.95. The van der Waals surface area contributed by atoms with Crippen LogP contribution in [0.3, 0.4) is 0 Å². The first-order valence-electron chi connectivity index (χ1n) is 15.3. The number of rotatable bonds is 6. The molecule has 0 radical (unpaired) electrons. The molecule has 1 fully saturated rings. The van der Waals surface area contributed by atoms with E-state index in [9.17, 15) is 19.0 Å². The fraction of sp³-hybridized carbons (Fsp3) is 0.211. The molecule has 0 spiro atoms. The number of aromatic nitrogens is 2. The molecule has 1 saturated carbocycles. The molecule has 47 heavy (non-hydrogen) atoms. The summed E-state index contributed by atoms with van der Waals surface area (Å²) in [7, 11) is 1.41. The molecule has 0 saturated heterocycles. The van der Waals surface area contributed by atoms with Crippen LogP contribution in [0, 0.1) is 5.92 Å². The molecular weight excluding hydrogens is 622 g/mol. The van der Waals surface area contributed by atoms with Crippen LogP contribution in [0.4, 0.5) is 8.78 Å². The second-order valence-electron chi connectivity index (χ2n) is 12.2. The second-order valence-corrected chi connectivity index (χ2v) is 12.6. The van der Waals surface area contributed by atoms with Gasteiger partial charge in [0.15, 0.2) is 11.2 Å². The quantitative estimate of drug-likeness (QED) is 0.141. The molecular formula is C38H29ClF2N2O4. The average Bonchev–Trinajstić information content (AvgIpc) is 3.45. The molecule has 0 amide bonds. The van der Waals surface area contributed by atoms with Crippen LogP contribution in [0.5, 0.6) is 11.6 Å². The summed E-state index contributed by atoms with van der Waals surface area (Å²) in [5.74, 6) is -1.15.